The van der Waals surface area contributed by atoms with E-state index in [1.165, 1.54) is 17.0 Å². The summed E-state index contributed by atoms with van der Waals surface area (Å²) in [6.45, 7) is 2.97. The predicted octanol–water partition coefficient (Wildman–Crippen LogP) is 4.50. The molecule has 2 aromatic carbocycles. The highest BCUT2D eigenvalue weighted by atomic mass is 19.1. The number of oxime groups is 1. The topological polar surface area (TPSA) is 105 Å². The van der Waals surface area contributed by atoms with Crippen molar-refractivity contribution < 1.29 is 18.7 Å². The fourth-order valence-electron chi connectivity index (χ4n) is 5.30. The zero-order chi connectivity index (χ0) is 26.5. The van der Waals surface area contributed by atoms with Crippen molar-refractivity contribution in [1.82, 2.24) is 20.1 Å². The number of halogens is 2. The lowest BCUT2D eigenvalue weighted by atomic mass is 9.73. The van der Waals surface area contributed by atoms with Crippen LogP contribution in [-0.4, -0.2) is 38.8 Å². The summed E-state index contributed by atoms with van der Waals surface area (Å²) in [6, 6.07) is 14.8. The number of aromatic amines is 1. The first kappa shape index (κ1) is 26.7. The summed E-state index contributed by atoms with van der Waals surface area (Å²) in [5, 5.41) is 23.3. The molecule has 0 radical (unpaired) electrons. The van der Waals surface area contributed by atoms with Gasteiger partial charge in [-0.05, 0) is 48.4 Å². The minimum Gasteiger partial charge on any atom is -0.411 e. The average Bonchev–Trinajstić information content (AvgIpc) is 3.39. The van der Waals surface area contributed by atoms with Gasteiger partial charge in [0.2, 0.25) is 0 Å². The van der Waals surface area contributed by atoms with Gasteiger partial charge in [0, 0.05) is 6.54 Å². The van der Waals surface area contributed by atoms with Gasteiger partial charge in [-0.25, -0.2) is 18.7 Å². The number of H-pyrrole nitrogens is 1. The largest absolute Gasteiger partial charge is 0.411 e. The molecule has 0 saturated carbocycles. The van der Waals surface area contributed by atoms with Crippen LogP contribution in [-0.2, 0) is 29.2 Å². The van der Waals surface area contributed by atoms with Crippen LogP contribution >= 0.6 is 0 Å². The summed E-state index contributed by atoms with van der Waals surface area (Å²) in [6.07, 6.45) is 2.51. The Bertz CT molecular complexity index is 1240. The highest BCUT2D eigenvalue weighted by Gasteiger charge is 2.48. The number of benzene rings is 2. The van der Waals surface area contributed by atoms with E-state index in [-0.39, 0.29) is 12.3 Å². The van der Waals surface area contributed by atoms with E-state index >= 15 is 0 Å². The normalized spacial score (nSPS) is 23.2. The molecule has 1 aliphatic rings. The Labute approximate surface area is 214 Å². The molecular weight excluding hydrogens is 480 g/mol. The Kier molecular flexibility index (Phi) is 8.19. The Morgan fingerprint density at radius 3 is 2.41 bits per heavy atom. The second-order valence-corrected chi connectivity index (χ2v) is 9.57. The molecule has 3 N–H and O–H groups in total. The quantitative estimate of drug-likeness (QED) is 0.210. The maximum atomic E-state index is 13.4. The highest BCUT2D eigenvalue weighted by Crippen LogP contribution is 2.39. The summed E-state index contributed by atoms with van der Waals surface area (Å²) in [4.78, 5) is 12.6. The lowest BCUT2D eigenvalue weighted by Crippen LogP contribution is -2.63. The third-order valence-electron chi connectivity index (χ3n) is 7.45. The molecule has 0 bridgehead atoms. The molecule has 4 rings (SSSR count). The molecule has 198 valence electrons. The molecule has 3 aromatic rings. The number of rotatable bonds is 10. The van der Waals surface area contributed by atoms with Crippen molar-refractivity contribution in [2.45, 2.75) is 63.6 Å². The molecule has 3 atom stereocenters. The van der Waals surface area contributed by atoms with Gasteiger partial charge in [0.1, 0.15) is 25.2 Å². The van der Waals surface area contributed by atoms with Gasteiger partial charge in [0.05, 0.1) is 24.0 Å². The number of hydrogen-bond donors (Lipinski definition) is 3. The standard InChI is InChI=1S/C27H33F2N5O3/c1-3-24(33-36)27(34-18-31-32-25(34)35)10-9-26(30-16-27,23-7-5-4-6-8-23)17-37-19(2)22-12-20(14-28)11-21(13-22)15-29/h4-8,11-13,18-19,30,36H,3,9-10,14-17H2,1-2H3,(H,32,35)/b33-24+/t19-,26-,27+/m1/s1. The Balaban J connectivity index is 1.64. The highest BCUT2D eigenvalue weighted by molar-refractivity contribution is 5.91. The molecule has 0 aliphatic carbocycles. The minimum atomic E-state index is -0.900. The van der Waals surface area contributed by atoms with Gasteiger partial charge < -0.3 is 15.3 Å². The molecule has 1 fully saturated rings. The number of hydrogen-bond acceptors (Lipinski definition) is 6. The van der Waals surface area contributed by atoms with Crippen molar-refractivity contribution >= 4 is 5.71 Å². The predicted molar refractivity (Wildman–Crippen MR) is 136 cm³/mol. The number of nitrogens with zero attached hydrogens (tertiary/aromatic N) is 3. The van der Waals surface area contributed by atoms with E-state index in [1.54, 1.807) is 12.1 Å². The van der Waals surface area contributed by atoms with Crippen LogP contribution in [0.4, 0.5) is 8.78 Å². The van der Waals surface area contributed by atoms with Crippen molar-refractivity contribution in [1.29, 1.82) is 0 Å². The van der Waals surface area contributed by atoms with Gasteiger partial charge in [-0.15, -0.1) is 0 Å². The van der Waals surface area contributed by atoms with Crippen molar-refractivity contribution in [2.75, 3.05) is 13.2 Å². The molecule has 1 aliphatic heterocycles. The van der Waals surface area contributed by atoms with Gasteiger partial charge in [-0.2, -0.15) is 5.10 Å². The van der Waals surface area contributed by atoms with Crippen LogP contribution in [0.15, 0.2) is 64.8 Å². The number of piperidine rings is 1. The van der Waals surface area contributed by atoms with Crippen molar-refractivity contribution in [3.63, 3.8) is 0 Å². The molecule has 0 amide bonds. The van der Waals surface area contributed by atoms with Crippen LogP contribution in [0.5, 0.6) is 0 Å². The fourth-order valence-corrected chi connectivity index (χ4v) is 5.30. The van der Waals surface area contributed by atoms with Crippen molar-refractivity contribution in [2.24, 2.45) is 5.16 Å². The Morgan fingerprint density at radius 2 is 1.89 bits per heavy atom. The summed E-state index contributed by atoms with van der Waals surface area (Å²) >= 11 is 0. The zero-order valence-corrected chi connectivity index (χ0v) is 21.1. The van der Waals surface area contributed by atoms with Crippen LogP contribution in [0.1, 0.15) is 61.5 Å². The van der Waals surface area contributed by atoms with Gasteiger partial charge in [-0.1, -0.05) is 60.6 Å². The van der Waals surface area contributed by atoms with Crippen molar-refractivity contribution in [3.05, 3.63) is 87.6 Å². The molecule has 37 heavy (non-hydrogen) atoms. The summed E-state index contributed by atoms with van der Waals surface area (Å²) in [5.74, 6) is 0. The van der Waals surface area contributed by atoms with Crippen LogP contribution in [0, 0.1) is 0 Å². The van der Waals surface area contributed by atoms with E-state index in [9.17, 15) is 18.8 Å². The first-order chi connectivity index (χ1) is 17.9. The van der Waals surface area contributed by atoms with Crippen LogP contribution in [0.25, 0.3) is 0 Å². The summed E-state index contributed by atoms with van der Waals surface area (Å²) in [5.41, 5.74) is 1.13. The third kappa shape index (κ3) is 5.21. The SMILES string of the molecule is CC/C(=N\O)[C@]1(n2cn[nH]c2=O)CC[C@@](CO[C@H](C)c2cc(CF)cc(CF)c2)(c2ccccc2)NC1. The second kappa shape index (κ2) is 11.4. The molecular formula is C27H33F2N5O3. The van der Waals surface area contributed by atoms with E-state index in [4.69, 9.17) is 4.74 Å². The molecule has 0 spiro atoms. The first-order valence-corrected chi connectivity index (χ1v) is 12.4. The van der Waals surface area contributed by atoms with Crippen LogP contribution < -0.4 is 11.0 Å². The van der Waals surface area contributed by atoms with E-state index in [0.717, 1.165) is 5.56 Å². The molecule has 8 nitrogen and oxygen atoms in total. The molecule has 0 unspecified atom stereocenters. The second-order valence-electron chi connectivity index (χ2n) is 9.57. The smallest absolute Gasteiger partial charge is 0.343 e. The van der Waals surface area contributed by atoms with Crippen LogP contribution in [0.2, 0.25) is 0 Å². The summed E-state index contributed by atoms with van der Waals surface area (Å²) in [7, 11) is 0. The van der Waals surface area contributed by atoms with E-state index < -0.39 is 30.5 Å². The monoisotopic (exact) mass is 513 g/mol. The molecule has 1 aromatic heterocycles. The number of alkyl halides is 2. The number of nitrogens with one attached hydrogen (secondary N) is 2. The molecule has 1 saturated heterocycles. The lowest BCUT2D eigenvalue weighted by Gasteiger charge is -2.48. The maximum Gasteiger partial charge on any atom is 0.343 e. The van der Waals surface area contributed by atoms with Gasteiger partial charge in [0.15, 0.2) is 0 Å². The van der Waals surface area contributed by atoms with Gasteiger partial charge in [0.25, 0.3) is 0 Å². The van der Waals surface area contributed by atoms with E-state index in [1.807, 2.05) is 44.2 Å². The summed E-state index contributed by atoms with van der Waals surface area (Å²) < 4.78 is 34.5. The van der Waals surface area contributed by atoms with Gasteiger partial charge >= 0.3 is 5.69 Å². The Morgan fingerprint density at radius 1 is 1.19 bits per heavy atom. The third-order valence-corrected chi connectivity index (χ3v) is 7.45. The molecule has 10 heteroatoms. The maximum absolute atomic E-state index is 13.4. The molecule has 2 heterocycles. The fraction of sp³-hybridized carbons (Fsp3) is 0.444. The van der Waals surface area contributed by atoms with Crippen LogP contribution in [0.3, 0.4) is 0 Å². The van der Waals surface area contributed by atoms with E-state index in [2.05, 4.69) is 20.7 Å². The number of ether oxygens (including phenoxy) is 1. The van der Waals surface area contributed by atoms with E-state index in [0.29, 0.717) is 48.2 Å². The lowest BCUT2D eigenvalue weighted by molar-refractivity contribution is -0.00338. The zero-order valence-electron chi connectivity index (χ0n) is 21.1. The average molecular weight is 514 g/mol. The first-order valence-electron chi connectivity index (χ1n) is 12.4. The van der Waals surface area contributed by atoms with Gasteiger partial charge in [-0.3, -0.25) is 4.57 Å². The minimum absolute atomic E-state index is 0.275. The number of aromatic nitrogens is 3. The van der Waals surface area contributed by atoms with Crippen molar-refractivity contribution in [3.8, 4) is 0 Å². The Hall–Kier alpha value is -3.37.